The van der Waals surface area contributed by atoms with Gasteiger partial charge in [0.15, 0.2) is 0 Å². The first kappa shape index (κ1) is 10.1. The van der Waals surface area contributed by atoms with Crippen LogP contribution in [0.3, 0.4) is 0 Å². The second kappa shape index (κ2) is 4.31. The van der Waals surface area contributed by atoms with E-state index in [0.717, 1.165) is 0 Å². The summed E-state index contributed by atoms with van der Waals surface area (Å²) in [7, 11) is 0. The second-order valence-electron chi connectivity index (χ2n) is 2.80. The maximum Gasteiger partial charge on any atom is 0.259 e. The fourth-order valence-corrected chi connectivity index (χ4v) is 1.01. The molecule has 0 radical (unpaired) electrons. The van der Waals surface area contributed by atoms with Crippen molar-refractivity contribution in [2.24, 2.45) is 0 Å². The van der Waals surface area contributed by atoms with Gasteiger partial charge in [-0.3, -0.25) is 9.59 Å². The zero-order chi connectivity index (χ0) is 9.84. The summed E-state index contributed by atoms with van der Waals surface area (Å²) in [6.45, 7) is 2.03. The number of hydrogen-bond acceptors (Lipinski definition) is 4. The lowest BCUT2D eigenvalue weighted by Crippen LogP contribution is -3.07. The minimum absolute atomic E-state index is 0.137. The summed E-state index contributed by atoms with van der Waals surface area (Å²) in [6.07, 6.45) is 0.908. The van der Waals surface area contributed by atoms with Gasteiger partial charge in [-0.25, -0.2) is 0 Å². The minimum Gasteiger partial charge on any atom is -0.598 e. The lowest BCUT2D eigenvalue weighted by molar-refractivity contribution is -1.07. The third-order valence-corrected chi connectivity index (χ3v) is 1.65. The van der Waals surface area contributed by atoms with Gasteiger partial charge < -0.3 is 5.21 Å². The normalized spacial score (nSPS) is 19.7. The molecule has 2 amide bonds. The van der Waals surface area contributed by atoms with E-state index in [4.69, 9.17) is 0 Å². The van der Waals surface area contributed by atoms with Crippen molar-refractivity contribution in [3.05, 3.63) is 5.21 Å². The number of hydrogen-bond donors (Lipinski definition) is 1. The molecule has 0 saturated carbocycles. The lowest BCUT2D eigenvalue weighted by Gasteiger charge is -2.21. The molecule has 1 saturated heterocycles. The molecule has 0 bridgehead atoms. The van der Waals surface area contributed by atoms with Crippen LogP contribution >= 0.6 is 0 Å². The van der Waals surface area contributed by atoms with Gasteiger partial charge in [0.25, 0.3) is 11.8 Å². The van der Waals surface area contributed by atoms with Gasteiger partial charge in [-0.15, -0.1) is 0 Å². The van der Waals surface area contributed by atoms with Crippen LogP contribution in [0, 0.1) is 5.21 Å². The molecule has 1 aliphatic rings. The average molecular weight is 188 g/mol. The summed E-state index contributed by atoms with van der Waals surface area (Å²) in [5.41, 5.74) is 0. The first-order valence-corrected chi connectivity index (χ1v) is 4.21. The Morgan fingerprint density at radius 1 is 1.46 bits per heavy atom. The lowest BCUT2D eigenvalue weighted by atomic mass is 10.4. The molecule has 6 heteroatoms. The van der Waals surface area contributed by atoms with Gasteiger partial charge >= 0.3 is 0 Å². The van der Waals surface area contributed by atoms with Gasteiger partial charge in [-0.1, -0.05) is 16.9 Å². The number of carbonyl (C=O) groups excluding carboxylic acids is 2. The molecule has 74 valence electrons. The molecule has 0 aliphatic carbocycles. The Morgan fingerprint density at radius 3 is 2.46 bits per heavy atom. The maximum absolute atomic E-state index is 11.0. The largest absolute Gasteiger partial charge is 0.598 e. The standard InChI is InChI=1S/C7H12N2O4/c1-2-5-8(12)13-9-6(10)3-4-7(9)11/h8H,2-5H2,1H3. The zero-order valence-corrected chi connectivity index (χ0v) is 7.41. The number of nitrogens with zero attached hydrogens (tertiary/aromatic N) is 1. The number of carbonyl (C=O) groups is 2. The van der Waals surface area contributed by atoms with Gasteiger partial charge in [-0.2, -0.15) is 5.23 Å². The highest BCUT2D eigenvalue weighted by atomic mass is 17.0. The molecule has 1 N–H and O–H groups in total. The van der Waals surface area contributed by atoms with Gasteiger partial charge in [0.05, 0.1) is 0 Å². The Labute approximate surface area is 75.5 Å². The van der Waals surface area contributed by atoms with E-state index in [1.807, 2.05) is 6.92 Å². The van der Waals surface area contributed by atoms with Crippen molar-refractivity contribution in [1.29, 1.82) is 0 Å². The molecule has 1 fully saturated rings. The van der Waals surface area contributed by atoms with Crippen LogP contribution in [0.2, 0.25) is 0 Å². The third-order valence-electron chi connectivity index (χ3n) is 1.65. The first-order valence-electron chi connectivity index (χ1n) is 4.21. The number of rotatable bonds is 4. The Balaban J connectivity index is 2.43. The van der Waals surface area contributed by atoms with E-state index in [9.17, 15) is 14.8 Å². The topological polar surface area (TPSA) is 74.1 Å². The zero-order valence-electron chi connectivity index (χ0n) is 7.41. The first-order chi connectivity index (χ1) is 6.15. The van der Waals surface area contributed by atoms with Crippen LogP contribution in [-0.4, -0.2) is 23.4 Å². The SMILES string of the molecule is CCC[NH+]([O-])ON1C(=O)CCC1=O. The van der Waals surface area contributed by atoms with E-state index in [1.165, 1.54) is 0 Å². The third kappa shape index (κ3) is 2.48. The molecule has 0 aromatic heterocycles. The quantitative estimate of drug-likeness (QED) is 0.443. The molecule has 1 atom stereocenters. The molecule has 13 heavy (non-hydrogen) atoms. The Morgan fingerprint density at radius 2 is 2.00 bits per heavy atom. The summed E-state index contributed by atoms with van der Waals surface area (Å²) in [6, 6.07) is 0. The fraction of sp³-hybridized carbons (Fsp3) is 0.714. The van der Waals surface area contributed by atoms with E-state index in [-0.39, 0.29) is 19.4 Å². The highest BCUT2D eigenvalue weighted by Gasteiger charge is 2.32. The molecule has 1 heterocycles. The van der Waals surface area contributed by atoms with Crippen molar-refractivity contribution >= 4 is 11.8 Å². The van der Waals surface area contributed by atoms with Gasteiger partial charge in [0, 0.05) is 12.8 Å². The number of imide groups is 1. The van der Waals surface area contributed by atoms with E-state index < -0.39 is 17.0 Å². The molecule has 6 nitrogen and oxygen atoms in total. The number of nitrogens with one attached hydrogen (secondary N) is 1. The summed E-state index contributed by atoms with van der Waals surface area (Å²) < 4.78 is 0. The van der Waals surface area contributed by atoms with E-state index in [2.05, 4.69) is 4.94 Å². The van der Waals surface area contributed by atoms with Crippen molar-refractivity contribution in [3.63, 3.8) is 0 Å². The van der Waals surface area contributed by atoms with Gasteiger partial charge in [0.1, 0.15) is 6.54 Å². The minimum atomic E-state index is -0.536. The van der Waals surface area contributed by atoms with E-state index in [0.29, 0.717) is 11.5 Å². The number of quaternary nitrogens is 1. The van der Waals surface area contributed by atoms with Gasteiger partial charge in [0.2, 0.25) is 0 Å². The van der Waals surface area contributed by atoms with Crippen molar-refractivity contribution < 1.29 is 19.8 Å². The molecule has 1 rings (SSSR count). The molecule has 0 spiro atoms. The number of amides is 2. The van der Waals surface area contributed by atoms with Crippen molar-refractivity contribution in [1.82, 2.24) is 5.06 Å². The monoisotopic (exact) mass is 188 g/mol. The summed E-state index contributed by atoms with van der Waals surface area (Å²) in [5, 5.41) is 11.0. The fourth-order valence-electron chi connectivity index (χ4n) is 1.01. The average Bonchev–Trinajstić information content (AvgIpc) is 2.36. The second-order valence-corrected chi connectivity index (χ2v) is 2.80. The Bertz CT molecular complexity index is 203. The van der Waals surface area contributed by atoms with Crippen LogP contribution in [-0.2, 0) is 14.5 Å². The predicted octanol–water partition coefficient (Wildman–Crippen LogP) is -1.23. The smallest absolute Gasteiger partial charge is 0.259 e. The highest BCUT2D eigenvalue weighted by molar-refractivity contribution is 6.00. The van der Waals surface area contributed by atoms with Gasteiger partial charge in [-0.05, 0) is 6.42 Å². The summed E-state index contributed by atoms with van der Waals surface area (Å²) in [4.78, 5) is 26.5. The van der Waals surface area contributed by atoms with Crippen molar-refractivity contribution in [3.8, 4) is 0 Å². The molecule has 1 aliphatic heterocycles. The molecule has 1 unspecified atom stereocenters. The van der Waals surface area contributed by atoms with Crippen LogP contribution in [0.1, 0.15) is 26.2 Å². The Kier molecular flexibility index (Phi) is 3.35. The predicted molar refractivity (Wildman–Crippen MR) is 41.7 cm³/mol. The molecule has 0 aromatic carbocycles. The van der Waals surface area contributed by atoms with Crippen molar-refractivity contribution in [2.45, 2.75) is 26.2 Å². The maximum atomic E-state index is 11.0. The van der Waals surface area contributed by atoms with Crippen molar-refractivity contribution in [2.75, 3.05) is 6.54 Å². The van der Waals surface area contributed by atoms with E-state index in [1.54, 1.807) is 0 Å². The highest BCUT2D eigenvalue weighted by Crippen LogP contribution is 2.09. The van der Waals surface area contributed by atoms with Crippen LogP contribution in [0.4, 0.5) is 0 Å². The molecular weight excluding hydrogens is 176 g/mol. The summed E-state index contributed by atoms with van der Waals surface area (Å²) >= 11 is 0. The summed E-state index contributed by atoms with van der Waals surface area (Å²) in [5.74, 6) is -0.871. The Hall–Kier alpha value is -0.980. The van der Waals surface area contributed by atoms with Crippen LogP contribution in [0.5, 0.6) is 0 Å². The number of hydroxylamine groups is 4. The van der Waals surface area contributed by atoms with E-state index >= 15 is 0 Å². The molecule has 0 aromatic rings. The van der Waals surface area contributed by atoms with Crippen LogP contribution in [0.15, 0.2) is 0 Å². The van der Waals surface area contributed by atoms with Crippen LogP contribution in [0.25, 0.3) is 0 Å². The molecular formula is C7H12N2O4. The van der Waals surface area contributed by atoms with Crippen LogP contribution < -0.4 is 5.23 Å².